The predicted octanol–water partition coefficient (Wildman–Crippen LogP) is 1.39. The average Bonchev–Trinajstić information content (AvgIpc) is 2.33. The summed E-state index contributed by atoms with van der Waals surface area (Å²) in [5.41, 5.74) is 1.90. The molecule has 2 aromatic rings. The third kappa shape index (κ3) is 0.769. The summed E-state index contributed by atoms with van der Waals surface area (Å²) in [6.45, 7) is 2.01. The average molecular weight is 151 g/mol. The molecule has 0 aromatic carbocycles. The molecule has 4 heteroatoms. The van der Waals surface area contributed by atoms with Crippen molar-refractivity contribution in [3.63, 3.8) is 0 Å². The second-order valence-corrected chi connectivity index (χ2v) is 2.89. The van der Waals surface area contributed by atoms with Crippen LogP contribution < -0.4 is 0 Å². The molecule has 0 aliphatic rings. The highest BCUT2D eigenvalue weighted by molar-refractivity contribution is 7.12. The number of nitrogens with zero attached hydrogens (tertiary/aromatic N) is 3. The van der Waals surface area contributed by atoms with Crippen LogP contribution >= 0.6 is 11.5 Å². The molecule has 0 aliphatic heterocycles. The van der Waals surface area contributed by atoms with Crippen molar-refractivity contribution in [3.05, 3.63) is 17.8 Å². The Hall–Kier alpha value is -1.03. The summed E-state index contributed by atoms with van der Waals surface area (Å²) in [5, 5.41) is 3.82. The topological polar surface area (TPSA) is 38.7 Å². The number of fused-ring (bicyclic) bond motifs is 1. The van der Waals surface area contributed by atoms with Crippen molar-refractivity contribution < 1.29 is 0 Å². The largest absolute Gasteiger partial charge is 0.234 e. The fraction of sp³-hybridized carbons (Fsp3) is 0.167. The molecule has 50 valence electrons. The molecule has 0 saturated carbocycles. The fourth-order valence-corrected chi connectivity index (χ4v) is 1.40. The lowest BCUT2D eigenvalue weighted by molar-refractivity contribution is 1.15. The molecule has 0 radical (unpaired) electrons. The van der Waals surface area contributed by atoms with Crippen molar-refractivity contribution >= 4 is 21.9 Å². The van der Waals surface area contributed by atoms with Crippen LogP contribution in [0.4, 0.5) is 0 Å². The first kappa shape index (κ1) is 5.73. The zero-order valence-electron chi connectivity index (χ0n) is 5.40. The van der Waals surface area contributed by atoms with Crippen molar-refractivity contribution in [1.29, 1.82) is 0 Å². The highest BCUT2D eigenvalue weighted by Crippen LogP contribution is 2.12. The van der Waals surface area contributed by atoms with Crippen LogP contribution in [0, 0.1) is 6.92 Å². The fourth-order valence-electron chi connectivity index (χ4n) is 0.781. The first-order valence-corrected chi connectivity index (χ1v) is 3.68. The summed E-state index contributed by atoms with van der Waals surface area (Å²) >= 11 is 1.38. The normalized spacial score (nSPS) is 10.5. The van der Waals surface area contributed by atoms with Crippen LogP contribution in [-0.2, 0) is 0 Å². The summed E-state index contributed by atoms with van der Waals surface area (Å²) in [4.78, 5) is 4.08. The van der Waals surface area contributed by atoms with Gasteiger partial charge in [-0.25, -0.2) is 4.98 Å². The van der Waals surface area contributed by atoms with Crippen LogP contribution in [0.25, 0.3) is 10.3 Å². The highest BCUT2D eigenvalue weighted by Gasteiger charge is 1.96. The molecule has 0 aliphatic carbocycles. The molecular formula is C6H5N3S. The molecule has 0 saturated heterocycles. The van der Waals surface area contributed by atoms with E-state index >= 15 is 0 Å². The molecule has 0 atom stereocenters. The van der Waals surface area contributed by atoms with Gasteiger partial charge >= 0.3 is 0 Å². The van der Waals surface area contributed by atoms with E-state index in [-0.39, 0.29) is 0 Å². The lowest BCUT2D eigenvalue weighted by Gasteiger charge is -1.86. The molecule has 0 bridgehead atoms. The molecule has 0 amide bonds. The molecule has 0 fully saturated rings. The van der Waals surface area contributed by atoms with Gasteiger partial charge in [-0.15, -0.1) is 5.10 Å². The maximum atomic E-state index is 4.08. The minimum absolute atomic E-state index is 0.746. The predicted molar refractivity (Wildman–Crippen MR) is 39.9 cm³/mol. The van der Waals surface area contributed by atoms with E-state index in [0.717, 1.165) is 15.9 Å². The first-order valence-electron chi connectivity index (χ1n) is 2.91. The van der Waals surface area contributed by atoms with E-state index in [0.29, 0.717) is 0 Å². The number of hydrogen-bond donors (Lipinski definition) is 0. The van der Waals surface area contributed by atoms with Gasteiger partial charge in [0, 0.05) is 6.20 Å². The molecule has 2 rings (SSSR count). The van der Waals surface area contributed by atoms with E-state index in [9.17, 15) is 0 Å². The molecule has 10 heavy (non-hydrogen) atoms. The minimum Gasteiger partial charge on any atom is -0.234 e. The summed E-state index contributed by atoms with van der Waals surface area (Å²) < 4.78 is 4.83. The lowest BCUT2D eigenvalue weighted by Crippen LogP contribution is -1.76. The third-order valence-electron chi connectivity index (χ3n) is 1.24. The van der Waals surface area contributed by atoms with E-state index in [1.807, 2.05) is 13.0 Å². The van der Waals surface area contributed by atoms with Gasteiger partial charge in [-0.05, 0) is 30.1 Å². The smallest absolute Gasteiger partial charge is 0.194 e. The zero-order chi connectivity index (χ0) is 6.97. The van der Waals surface area contributed by atoms with Crippen molar-refractivity contribution in [1.82, 2.24) is 14.6 Å². The third-order valence-corrected chi connectivity index (χ3v) is 1.90. The van der Waals surface area contributed by atoms with Crippen molar-refractivity contribution in [2.24, 2.45) is 0 Å². The quantitative estimate of drug-likeness (QED) is 0.571. The number of hydrogen-bond acceptors (Lipinski definition) is 4. The minimum atomic E-state index is 0.746. The van der Waals surface area contributed by atoms with Crippen LogP contribution in [0.1, 0.15) is 5.56 Å². The van der Waals surface area contributed by atoms with Crippen molar-refractivity contribution in [2.45, 2.75) is 6.92 Å². The van der Waals surface area contributed by atoms with Gasteiger partial charge in [0.2, 0.25) is 0 Å². The second-order valence-electron chi connectivity index (χ2n) is 2.11. The molecular weight excluding hydrogens is 146 g/mol. The van der Waals surface area contributed by atoms with Gasteiger partial charge < -0.3 is 0 Å². The molecule has 2 heterocycles. The molecule has 0 N–H and O–H groups in total. The Kier molecular flexibility index (Phi) is 1.14. The van der Waals surface area contributed by atoms with E-state index in [4.69, 9.17) is 0 Å². The molecule has 3 nitrogen and oxygen atoms in total. The van der Waals surface area contributed by atoms with Crippen LogP contribution in [0.5, 0.6) is 0 Å². The summed E-state index contributed by atoms with van der Waals surface area (Å²) in [6.07, 6.45) is 1.80. The SMILES string of the molecule is Cc1cnc2nnsc2c1. The van der Waals surface area contributed by atoms with E-state index in [2.05, 4.69) is 14.6 Å². The van der Waals surface area contributed by atoms with Gasteiger partial charge in [0.25, 0.3) is 0 Å². The summed E-state index contributed by atoms with van der Waals surface area (Å²) in [6, 6.07) is 2.03. The van der Waals surface area contributed by atoms with Gasteiger partial charge in [0.05, 0.1) is 4.70 Å². The van der Waals surface area contributed by atoms with E-state index < -0.39 is 0 Å². The number of aromatic nitrogens is 3. The van der Waals surface area contributed by atoms with Gasteiger partial charge in [0.15, 0.2) is 5.65 Å². The van der Waals surface area contributed by atoms with Gasteiger partial charge in [-0.1, -0.05) is 4.49 Å². The maximum absolute atomic E-state index is 4.08. The lowest BCUT2D eigenvalue weighted by atomic mass is 10.3. The van der Waals surface area contributed by atoms with E-state index in [1.54, 1.807) is 6.20 Å². The Balaban J connectivity index is 2.86. The Morgan fingerprint density at radius 2 is 2.40 bits per heavy atom. The van der Waals surface area contributed by atoms with Gasteiger partial charge in [-0.3, -0.25) is 0 Å². The van der Waals surface area contributed by atoms with E-state index in [1.165, 1.54) is 11.5 Å². The Labute approximate surface area is 61.9 Å². The Bertz CT molecular complexity index is 355. The number of pyridine rings is 1. The number of rotatable bonds is 0. The van der Waals surface area contributed by atoms with Crippen LogP contribution in [0.2, 0.25) is 0 Å². The molecule has 2 aromatic heterocycles. The summed E-state index contributed by atoms with van der Waals surface area (Å²) in [5.74, 6) is 0. The highest BCUT2D eigenvalue weighted by atomic mass is 32.1. The van der Waals surface area contributed by atoms with Crippen LogP contribution in [0.15, 0.2) is 12.3 Å². The van der Waals surface area contributed by atoms with Crippen LogP contribution in [-0.4, -0.2) is 14.6 Å². The van der Waals surface area contributed by atoms with Crippen molar-refractivity contribution in [2.75, 3.05) is 0 Å². The Morgan fingerprint density at radius 3 is 3.30 bits per heavy atom. The number of aryl methyl sites for hydroxylation is 1. The van der Waals surface area contributed by atoms with Gasteiger partial charge in [-0.2, -0.15) is 0 Å². The zero-order valence-corrected chi connectivity index (χ0v) is 6.22. The van der Waals surface area contributed by atoms with Crippen molar-refractivity contribution in [3.8, 4) is 0 Å². The maximum Gasteiger partial charge on any atom is 0.194 e. The molecule has 0 unspecified atom stereocenters. The Morgan fingerprint density at radius 1 is 1.50 bits per heavy atom. The van der Waals surface area contributed by atoms with Crippen LogP contribution in [0.3, 0.4) is 0 Å². The molecule has 0 spiro atoms. The van der Waals surface area contributed by atoms with Gasteiger partial charge in [0.1, 0.15) is 0 Å². The standard InChI is InChI=1S/C6H5N3S/c1-4-2-5-6(7-3-4)8-9-10-5/h2-3H,1H3. The summed E-state index contributed by atoms with van der Waals surface area (Å²) in [7, 11) is 0. The monoisotopic (exact) mass is 151 g/mol. The second kappa shape index (κ2) is 1.98. The first-order chi connectivity index (χ1) is 4.86.